The molecule has 0 aliphatic carbocycles. The van der Waals surface area contributed by atoms with E-state index < -0.39 is 0 Å². The van der Waals surface area contributed by atoms with E-state index in [1.165, 1.54) is 31.5 Å². The van der Waals surface area contributed by atoms with E-state index in [0.717, 1.165) is 46.7 Å². The first-order valence-corrected chi connectivity index (χ1v) is 12.4. The van der Waals surface area contributed by atoms with Crippen molar-refractivity contribution in [2.75, 3.05) is 31.6 Å². The van der Waals surface area contributed by atoms with Crippen LogP contribution < -0.4 is 10.1 Å². The number of pyridine rings is 1. The molecule has 5 rings (SSSR count). The van der Waals surface area contributed by atoms with E-state index in [0.29, 0.717) is 5.95 Å². The summed E-state index contributed by atoms with van der Waals surface area (Å²) >= 11 is 2.62. The second-order valence-electron chi connectivity index (χ2n) is 8.02. The molecule has 0 saturated carbocycles. The topological polar surface area (TPSA) is 54.7 Å². The van der Waals surface area contributed by atoms with Gasteiger partial charge < -0.3 is 4.74 Å². The molecule has 1 aliphatic heterocycles. The Kier molecular flexibility index (Phi) is 6.42. The molecule has 1 saturated heterocycles. The number of aromatic nitrogens is 3. The molecule has 0 atom stereocenters. The summed E-state index contributed by atoms with van der Waals surface area (Å²) in [5, 5.41) is 8.97. The van der Waals surface area contributed by atoms with Gasteiger partial charge in [0.1, 0.15) is 12.4 Å². The monoisotopic (exact) mass is 487 g/mol. The van der Waals surface area contributed by atoms with Crippen molar-refractivity contribution in [3.63, 3.8) is 0 Å². The molecule has 3 heterocycles. The van der Waals surface area contributed by atoms with Crippen LogP contribution in [0.1, 0.15) is 18.4 Å². The number of ether oxygens (including phenoxy) is 1. The fourth-order valence-electron chi connectivity index (χ4n) is 4.07. The quantitative estimate of drug-likeness (QED) is 0.376. The van der Waals surface area contributed by atoms with Crippen molar-refractivity contribution in [3.8, 4) is 17.0 Å². The van der Waals surface area contributed by atoms with Crippen molar-refractivity contribution >= 4 is 34.1 Å². The zero-order valence-corrected chi connectivity index (χ0v) is 19.8. The van der Waals surface area contributed by atoms with Gasteiger partial charge in [-0.3, -0.25) is 4.90 Å². The normalized spacial score (nSPS) is 14.2. The van der Waals surface area contributed by atoms with Crippen LogP contribution in [-0.2, 0) is 5.21 Å². The molecule has 6 nitrogen and oxygen atoms in total. The first kappa shape index (κ1) is 21.0. The molecule has 162 valence electrons. The van der Waals surface area contributed by atoms with Gasteiger partial charge in [0.2, 0.25) is 0 Å². The first-order valence-electron chi connectivity index (χ1n) is 11.1. The van der Waals surface area contributed by atoms with E-state index in [4.69, 9.17) is 9.84 Å². The van der Waals surface area contributed by atoms with Crippen LogP contribution in [0.4, 0.5) is 11.6 Å². The van der Waals surface area contributed by atoms with E-state index in [1.54, 1.807) is 0 Å². The molecule has 0 unspecified atom stereocenters. The summed E-state index contributed by atoms with van der Waals surface area (Å²) < 4.78 is 7.79. The van der Waals surface area contributed by atoms with Crippen molar-refractivity contribution in [1.29, 1.82) is 0 Å². The van der Waals surface area contributed by atoms with E-state index >= 15 is 0 Å². The van der Waals surface area contributed by atoms with Gasteiger partial charge >= 0.3 is 143 Å². The van der Waals surface area contributed by atoms with Gasteiger partial charge in [0.05, 0.1) is 0 Å². The molecule has 0 bridgehead atoms. The summed E-state index contributed by atoms with van der Waals surface area (Å²) in [5.41, 5.74) is 5.17. The van der Waals surface area contributed by atoms with Gasteiger partial charge in [0.25, 0.3) is 0 Å². The molecule has 0 amide bonds. The maximum absolute atomic E-state index is 5.90. The van der Waals surface area contributed by atoms with Crippen LogP contribution in [-0.4, -0.2) is 62.6 Å². The Morgan fingerprint density at radius 2 is 1.78 bits per heavy atom. The third-order valence-corrected chi connectivity index (χ3v) is 6.52. The summed E-state index contributed by atoms with van der Waals surface area (Å²) in [6.07, 6.45) is 2.62. The van der Waals surface area contributed by atoms with E-state index in [9.17, 15) is 0 Å². The van der Waals surface area contributed by atoms with Gasteiger partial charge in [-0.1, -0.05) is 0 Å². The number of nitrogens with one attached hydrogen (secondary N) is 1. The number of rotatable bonds is 8. The third kappa shape index (κ3) is 4.82. The number of hydrogen-bond donors (Lipinski definition) is 1. The number of benzene rings is 2. The molecular weight excluding hydrogens is 461 g/mol. The molecule has 4 aromatic rings. The number of anilines is 2. The Morgan fingerprint density at radius 1 is 0.969 bits per heavy atom. The van der Waals surface area contributed by atoms with Crippen LogP contribution >= 0.6 is 0 Å². The van der Waals surface area contributed by atoms with Gasteiger partial charge in [-0.15, -0.1) is 0 Å². The maximum atomic E-state index is 5.90. The van der Waals surface area contributed by atoms with Crippen molar-refractivity contribution in [2.45, 2.75) is 18.1 Å². The van der Waals surface area contributed by atoms with Crippen molar-refractivity contribution in [3.05, 3.63) is 72.3 Å². The van der Waals surface area contributed by atoms with Crippen molar-refractivity contribution in [1.82, 2.24) is 19.5 Å². The Hall–Kier alpha value is -2.82. The van der Waals surface area contributed by atoms with Gasteiger partial charge in [0.15, 0.2) is 0 Å². The van der Waals surface area contributed by atoms with Crippen LogP contribution in [0, 0.1) is 0 Å². The predicted octanol–water partition coefficient (Wildman–Crippen LogP) is 4.28. The second kappa shape index (κ2) is 9.76. The molecule has 7 heteroatoms. The van der Waals surface area contributed by atoms with Crippen molar-refractivity contribution in [2.24, 2.45) is 0 Å². The Bertz CT molecular complexity index is 1180. The minimum absolute atomic E-state index is 0.573. The first-order chi connectivity index (χ1) is 15.8. The molecule has 2 aromatic carbocycles. The van der Waals surface area contributed by atoms with Gasteiger partial charge in [-0.25, -0.2) is 0 Å². The molecular formula is C25H26AsN5O. The molecule has 32 heavy (non-hydrogen) atoms. The average Bonchev–Trinajstić information content (AvgIpc) is 3.49. The van der Waals surface area contributed by atoms with Crippen molar-refractivity contribution < 1.29 is 4.74 Å². The molecule has 2 aromatic heterocycles. The zero-order valence-electron chi connectivity index (χ0n) is 17.9. The second-order valence-corrected chi connectivity index (χ2v) is 8.68. The van der Waals surface area contributed by atoms with E-state index in [1.807, 2.05) is 40.9 Å². The predicted molar refractivity (Wildman–Crippen MR) is 129 cm³/mol. The Morgan fingerprint density at radius 3 is 2.59 bits per heavy atom. The van der Waals surface area contributed by atoms with Gasteiger partial charge in [0, 0.05) is 6.54 Å². The van der Waals surface area contributed by atoms with Crippen LogP contribution in [0.5, 0.6) is 5.75 Å². The molecule has 2 radical (unpaired) electrons. The standard InChI is InChI=1S/C25H26AsN5O/c26-18-19-5-3-6-20(17-19)23-7-4-8-24-28-25(29-31(23)24)27-21-9-11-22(12-10-21)32-16-15-30-13-1-2-14-30/h3-12,17H,1-2,13-16,18H2,(H,27,29). The Balaban J connectivity index is 1.28. The van der Waals surface area contributed by atoms with E-state index in [2.05, 4.69) is 62.4 Å². The van der Waals surface area contributed by atoms with Crippen LogP contribution in [0.3, 0.4) is 0 Å². The van der Waals surface area contributed by atoms with Crippen LogP contribution in [0.2, 0.25) is 0 Å². The number of likely N-dealkylation sites (tertiary alicyclic amines) is 1. The van der Waals surface area contributed by atoms with Crippen LogP contribution in [0.15, 0.2) is 66.7 Å². The average molecular weight is 487 g/mol. The summed E-state index contributed by atoms with van der Waals surface area (Å²) in [4.78, 5) is 7.11. The third-order valence-electron chi connectivity index (χ3n) is 5.75. The summed E-state index contributed by atoms with van der Waals surface area (Å²) in [5.74, 6) is 1.46. The summed E-state index contributed by atoms with van der Waals surface area (Å²) in [6.45, 7) is 4.11. The summed E-state index contributed by atoms with van der Waals surface area (Å²) in [6, 6.07) is 22.6. The fraction of sp³-hybridized carbons (Fsp3) is 0.280. The molecule has 1 aliphatic rings. The van der Waals surface area contributed by atoms with Gasteiger partial charge in [-0.05, 0) is 25.9 Å². The number of nitrogens with zero attached hydrogens (tertiary/aromatic N) is 4. The zero-order chi connectivity index (χ0) is 21.8. The van der Waals surface area contributed by atoms with E-state index in [-0.39, 0.29) is 0 Å². The summed E-state index contributed by atoms with van der Waals surface area (Å²) in [7, 11) is 0. The Labute approximate surface area is 197 Å². The molecule has 1 N–H and O–H groups in total. The minimum atomic E-state index is 0.573. The molecule has 0 spiro atoms. The molecule has 1 fully saturated rings. The fourth-order valence-corrected chi connectivity index (χ4v) is 4.48. The van der Waals surface area contributed by atoms with Crippen LogP contribution in [0.25, 0.3) is 16.9 Å². The number of hydrogen-bond acceptors (Lipinski definition) is 5. The number of fused-ring (bicyclic) bond motifs is 1. The van der Waals surface area contributed by atoms with Gasteiger partial charge in [-0.2, -0.15) is 0 Å². The SMILES string of the molecule is [As]Cc1cccc(-c2cccc3nc(Nc4ccc(OCCN5CCCC5)cc4)nn23)c1.